The molecule has 1 aromatic carbocycles. The number of nitrogens with zero attached hydrogens (tertiary/aromatic N) is 2. The molecule has 0 N–H and O–H groups in total. The van der Waals surface area contributed by atoms with Gasteiger partial charge in [-0.05, 0) is 49.6 Å². The standard InChI is InChI=1S/C18H19FN2O2S/c1-13(20-23-12-18(22)21-10-2-3-11-21)16-8-9-17(24-16)14-4-6-15(19)7-5-14/h4-9H,2-3,10-12H2,1H3. The molecule has 2 heterocycles. The molecule has 24 heavy (non-hydrogen) atoms. The first-order chi connectivity index (χ1) is 11.6. The van der Waals surface area contributed by atoms with E-state index < -0.39 is 0 Å². The maximum atomic E-state index is 13.0. The molecule has 2 aromatic rings. The topological polar surface area (TPSA) is 41.9 Å². The first-order valence-corrected chi connectivity index (χ1v) is 8.75. The highest BCUT2D eigenvalue weighted by molar-refractivity contribution is 7.17. The molecule has 1 aromatic heterocycles. The van der Waals surface area contributed by atoms with Gasteiger partial charge in [0.25, 0.3) is 5.91 Å². The second-order valence-corrected chi connectivity index (χ2v) is 6.79. The van der Waals surface area contributed by atoms with Crippen LogP contribution in [-0.4, -0.2) is 36.2 Å². The molecule has 1 aliphatic heterocycles. The Labute approximate surface area is 144 Å². The van der Waals surface area contributed by atoms with Crippen molar-refractivity contribution in [2.24, 2.45) is 5.16 Å². The number of hydrogen-bond donors (Lipinski definition) is 0. The van der Waals surface area contributed by atoms with Crippen molar-refractivity contribution in [3.8, 4) is 10.4 Å². The van der Waals surface area contributed by atoms with Gasteiger partial charge in [0, 0.05) is 18.0 Å². The van der Waals surface area contributed by atoms with Gasteiger partial charge in [0.1, 0.15) is 5.82 Å². The molecule has 0 radical (unpaired) electrons. The lowest BCUT2D eigenvalue weighted by Crippen LogP contribution is -2.30. The highest BCUT2D eigenvalue weighted by Gasteiger charge is 2.18. The third kappa shape index (κ3) is 4.00. The number of amides is 1. The van der Waals surface area contributed by atoms with Gasteiger partial charge >= 0.3 is 0 Å². The highest BCUT2D eigenvalue weighted by Crippen LogP contribution is 2.28. The fourth-order valence-electron chi connectivity index (χ4n) is 2.59. The quantitative estimate of drug-likeness (QED) is 0.608. The monoisotopic (exact) mass is 346 g/mol. The van der Waals surface area contributed by atoms with E-state index in [1.807, 2.05) is 24.0 Å². The van der Waals surface area contributed by atoms with Gasteiger partial charge < -0.3 is 9.74 Å². The van der Waals surface area contributed by atoms with E-state index in [1.54, 1.807) is 23.5 Å². The molecule has 6 heteroatoms. The Balaban J connectivity index is 1.59. The Morgan fingerprint density at radius 1 is 1.21 bits per heavy atom. The van der Waals surface area contributed by atoms with Gasteiger partial charge in [0.05, 0.1) is 10.6 Å². The third-order valence-electron chi connectivity index (χ3n) is 3.94. The van der Waals surface area contributed by atoms with Crippen molar-refractivity contribution >= 4 is 23.0 Å². The maximum Gasteiger partial charge on any atom is 0.263 e. The lowest BCUT2D eigenvalue weighted by Gasteiger charge is -2.13. The second kappa shape index (κ2) is 7.57. The van der Waals surface area contributed by atoms with Crippen LogP contribution < -0.4 is 0 Å². The van der Waals surface area contributed by atoms with E-state index in [1.165, 1.54) is 12.1 Å². The summed E-state index contributed by atoms with van der Waals surface area (Å²) in [4.78, 5) is 20.9. The van der Waals surface area contributed by atoms with Crippen LogP contribution in [0.2, 0.25) is 0 Å². The van der Waals surface area contributed by atoms with Crippen LogP contribution in [0.25, 0.3) is 10.4 Å². The molecule has 0 unspecified atom stereocenters. The van der Waals surface area contributed by atoms with Gasteiger partial charge in [-0.1, -0.05) is 17.3 Å². The van der Waals surface area contributed by atoms with E-state index in [9.17, 15) is 9.18 Å². The fourth-order valence-corrected chi connectivity index (χ4v) is 3.54. The smallest absolute Gasteiger partial charge is 0.263 e. The lowest BCUT2D eigenvalue weighted by atomic mass is 10.2. The molecule has 0 atom stereocenters. The number of carbonyl (C=O) groups excluding carboxylic acids is 1. The van der Waals surface area contributed by atoms with Crippen molar-refractivity contribution in [2.75, 3.05) is 19.7 Å². The summed E-state index contributed by atoms with van der Waals surface area (Å²) in [6.07, 6.45) is 2.13. The lowest BCUT2D eigenvalue weighted by molar-refractivity contribution is -0.135. The summed E-state index contributed by atoms with van der Waals surface area (Å²) >= 11 is 1.56. The number of oxime groups is 1. The van der Waals surface area contributed by atoms with Crippen LogP contribution in [0.4, 0.5) is 4.39 Å². The molecule has 1 fully saturated rings. The fraction of sp³-hybridized carbons (Fsp3) is 0.333. The SMILES string of the molecule is CC(=NOCC(=O)N1CCCC1)c1ccc(-c2ccc(F)cc2)s1. The first-order valence-electron chi connectivity index (χ1n) is 7.94. The zero-order valence-electron chi connectivity index (χ0n) is 13.5. The highest BCUT2D eigenvalue weighted by atomic mass is 32.1. The van der Waals surface area contributed by atoms with E-state index >= 15 is 0 Å². The minimum Gasteiger partial charge on any atom is -0.385 e. The van der Waals surface area contributed by atoms with Crippen LogP contribution in [0.3, 0.4) is 0 Å². The van der Waals surface area contributed by atoms with Gasteiger partial charge in [-0.3, -0.25) is 4.79 Å². The third-order valence-corrected chi connectivity index (χ3v) is 5.18. The molecule has 0 spiro atoms. The molecule has 1 amide bonds. The summed E-state index contributed by atoms with van der Waals surface area (Å²) in [5, 5.41) is 4.05. The second-order valence-electron chi connectivity index (χ2n) is 5.71. The van der Waals surface area contributed by atoms with Crippen molar-refractivity contribution in [1.29, 1.82) is 0 Å². The Bertz CT molecular complexity index is 734. The van der Waals surface area contributed by atoms with Crippen molar-refractivity contribution in [2.45, 2.75) is 19.8 Å². The van der Waals surface area contributed by atoms with Gasteiger partial charge in [-0.15, -0.1) is 11.3 Å². The molecule has 126 valence electrons. The van der Waals surface area contributed by atoms with E-state index in [-0.39, 0.29) is 18.3 Å². The van der Waals surface area contributed by atoms with Gasteiger partial charge in [0.2, 0.25) is 0 Å². The van der Waals surface area contributed by atoms with E-state index in [2.05, 4.69) is 5.16 Å². The summed E-state index contributed by atoms with van der Waals surface area (Å²) in [5.41, 5.74) is 1.69. The molecule has 0 aliphatic carbocycles. The van der Waals surface area contributed by atoms with Gasteiger partial charge in [-0.25, -0.2) is 4.39 Å². The summed E-state index contributed by atoms with van der Waals surface area (Å²) in [5.74, 6) is -0.258. The average molecular weight is 346 g/mol. The molecular formula is C18H19FN2O2S. The Kier molecular flexibility index (Phi) is 5.25. The van der Waals surface area contributed by atoms with Crippen LogP contribution in [-0.2, 0) is 9.63 Å². The number of rotatable bonds is 5. The number of hydrogen-bond acceptors (Lipinski definition) is 4. The Hall–Kier alpha value is -2.21. The Morgan fingerprint density at radius 2 is 1.92 bits per heavy atom. The maximum absolute atomic E-state index is 13.0. The summed E-state index contributed by atoms with van der Waals surface area (Å²) < 4.78 is 13.0. The van der Waals surface area contributed by atoms with E-state index in [4.69, 9.17) is 4.84 Å². The number of benzene rings is 1. The normalized spacial score (nSPS) is 14.9. The minimum absolute atomic E-state index is 0.0118. The van der Waals surface area contributed by atoms with Crippen molar-refractivity contribution < 1.29 is 14.0 Å². The predicted molar refractivity (Wildman–Crippen MR) is 93.7 cm³/mol. The van der Waals surface area contributed by atoms with Gasteiger partial charge in [-0.2, -0.15) is 0 Å². The molecular weight excluding hydrogens is 327 g/mol. The number of thiophene rings is 1. The van der Waals surface area contributed by atoms with E-state index in [0.29, 0.717) is 0 Å². The molecule has 3 rings (SSSR count). The molecule has 4 nitrogen and oxygen atoms in total. The summed E-state index contributed by atoms with van der Waals surface area (Å²) in [6.45, 7) is 3.46. The Morgan fingerprint density at radius 3 is 2.62 bits per heavy atom. The number of likely N-dealkylation sites (tertiary alicyclic amines) is 1. The molecule has 1 saturated heterocycles. The van der Waals surface area contributed by atoms with Crippen LogP contribution in [0.15, 0.2) is 41.6 Å². The van der Waals surface area contributed by atoms with Crippen LogP contribution in [0, 0.1) is 5.82 Å². The molecule has 0 saturated carbocycles. The first kappa shape index (κ1) is 16.6. The average Bonchev–Trinajstić information content (AvgIpc) is 3.27. The van der Waals surface area contributed by atoms with Crippen LogP contribution in [0.1, 0.15) is 24.6 Å². The summed E-state index contributed by atoms with van der Waals surface area (Å²) in [7, 11) is 0. The molecule has 1 aliphatic rings. The number of carbonyl (C=O) groups is 1. The van der Waals surface area contributed by atoms with Gasteiger partial charge in [0.15, 0.2) is 6.61 Å². The van der Waals surface area contributed by atoms with Crippen molar-refractivity contribution in [1.82, 2.24) is 4.90 Å². The van der Waals surface area contributed by atoms with E-state index in [0.717, 1.165) is 47.0 Å². The zero-order valence-corrected chi connectivity index (χ0v) is 14.3. The molecule has 0 bridgehead atoms. The van der Waals surface area contributed by atoms with Crippen LogP contribution >= 0.6 is 11.3 Å². The van der Waals surface area contributed by atoms with Crippen molar-refractivity contribution in [3.63, 3.8) is 0 Å². The van der Waals surface area contributed by atoms with Crippen LogP contribution in [0.5, 0.6) is 0 Å². The predicted octanol–water partition coefficient (Wildman–Crippen LogP) is 3.92. The summed E-state index contributed by atoms with van der Waals surface area (Å²) in [6, 6.07) is 10.3. The largest absolute Gasteiger partial charge is 0.385 e. The minimum atomic E-state index is -0.246. The van der Waals surface area contributed by atoms with Crippen molar-refractivity contribution in [3.05, 3.63) is 47.1 Å². The number of halogens is 1. The zero-order chi connectivity index (χ0) is 16.9.